The first-order chi connectivity index (χ1) is 9.34. The van der Waals surface area contributed by atoms with Crippen LogP contribution in [0.1, 0.15) is 59.8 Å². The Balaban J connectivity index is 2.21. The van der Waals surface area contributed by atoms with Gasteiger partial charge in [-0.2, -0.15) is 5.10 Å². The predicted molar refractivity (Wildman–Crippen MR) is 80.2 cm³/mol. The van der Waals surface area contributed by atoms with Crippen molar-refractivity contribution in [2.45, 2.75) is 71.9 Å². The summed E-state index contributed by atoms with van der Waals surface area (Å²) in [5.74, 6) is 0.892. The summed E-state index contributed by atoms with van der Waals surface area (Å²) in [6, 6.07) is 0. The van der Waals surface area contributed by atoms with E-state index in [9.17, 15) is 5.11 Å². The van der Waals surface area contributed by atoms with E-state index in [-0.39, 0.29) is 11.3 Å². The lowest BCUT2D eigenvalue weighted by atomic mass is 9.63. The molecule has 1 aliphatic rings. The van der Waals surface area contributed by atoms with Crippen LogP contribution in [0.4, 0.5) is 0 Å². The van der Waals surface area contributed by atoms with Gasteiger partial charge in [0.15, 0.2) is 0 Å². The SMILES string of the molecule is CC(C1CCCCC1)C(O)(Cn1cncn1)C(C)(C)C. The summed E-state index contributed by atoms with van der Waals surface area (Å²) >= 11 is 0. The zero-order chi connectivity index (χ0) is 14.8. The van der Waals surface area contributed by atoms with Crippen molar-refractivity contribution in [3.05, 3.63) is 12.7 Å². The van der Waals surface area contributed by atoms with E-state index in [0.717, 1.165) is 0 Å². The molecular formula is C16H29N3O. The monoisotopic (exact) mass is 279 g/mol. The second-order valence-electron chi connectivity index (χ2n) is 7.45. The molecule has 1 heterocycles. The fourth-order valence-corrected chi connectivity index (χ4v) is 3.65. The van der Waals surface area contributed by atoms with Gasteiger partial charge in [0.1, 0.15) is 12.7 Å². The molecule has 4 nitrogen and oxygen atoms in total. The van der Waals surface area contributed by atoms with Gasteiger partial charge in [-0.1, -0.05) is 59.8 Å². The second kappa shape index (κ2) is 5.84. The smallest absolute Gasteiger partial charge is 0.137 e. The molecule has 1 fully saturated rings. The van der Waals surface area contributed by atoms with Crippen LogP contribution in [-0.4, -0.2) is 25.5 Å². The third kappa shape index (κ3) is 3.05. The third-order valence-corrected chi connectivity index (χ3v) is 5.28. The highest BCUT2D eigenvalue weighted by Gasteiger charge is 2.47. The van der Waals surface area contributed by atoms with E-state index in [1.54, 1.807) is 11.0 Å². The van der Waals surface area contributed by atoms with Gasteiger partial charge in [-0.25, -0.2) is 4.98 Å². The Hall–Kier alpha value is -0.900. The van der Waals surface area contributed by atoms with Gasteiger partial charge in [0.2, 0.25) is 0 Å². The zero-order valence-electron chi connectivity index (χ0n) is 13.3. The minimum absolute atomic E-state index is 0.185. The van der Waals surface area contributed by atoms with Gasteiger partial charge < -0.3 is 5.11 Å². The van der Waals surface area contributed by atoms with Crippen LogP contribution in [-0.2, 0) is 6.54 Å². The number of hydrogen-bond acceptors (Lipinski definition) is 3. The highest BCUT2D eigenvalue weighted by atomic mass is 16.3. The molecule has 0 spiro atoms. The van der Waals surface area contributed by atoms with E-state index in [1.807, 2.05) is 0 Å². The average Bonchev–Trinajstić information content (AvgIpc) is 2.90. The Labute approximate surface area is 122 Å². The maximum absolute atomic E-state index is 11.5. The molecule has 1 aromatic rings. The van der Waals surface area contributed by atoms with Gasteiger partial charge in [-0.05, 0) is 17.3 Å². The molecule has 1 saturated carbocycles. The van der Waals surface area contributed by atoms with Gasteiger partial charge >= 0.3 is 0 Å². The molecule has 0 saturated heterocycles. The average molecular weight is 279 g/mol. The van der Waals surface area contributed by atoms with Crippen LogP contribution in [0.2, 0.25) is 0 Å². The lowest BCUT2D eigenvalue weighted by Crippen LogP contribution is -2.54. The van der Waals surface area contributed by atoms with E-state index in [4.69, 9.17) is 0 Å². The Morgan fingerprint density at radius 3 is 2.40 bits per heavy atom. The summed E-state index contributed by atoms with van der Waals surface area (Å²) in [4.78, 5) is 4.00. The summed E-state index contributed by atoms with van der Waals surface area (Å²) in [7, 11) is 0. The topological polar surface area (TPSA) is 50.9 Å². The molecule has 2 rings (SSSR count). The van der Waals surface area contributed by atoms with E-state index >= 15 is 0 Å². The Morgan fingerprint density at radius 1 is 1.25 bits per heavy atom. The molecule has 0 bridgehead atoms. The van der Waals surface area contributed by atoms with Crippen LogP contribution in [0, 0.1) is 17.3 Å². The van der Waals surface area contributed by atoms with E-state index in [2.05, 4.69) is 37.8 Å². The molecule has 2 unspecified atom stereocenters. The van der Waals surface area contributed by atoms with E-state index in [1.165, 1.54) is 38.4 Å². The van der Waals surface area contributed by atoms with Crippen molar-refractivity contribution in [1.29, 1.82) is 0 Å². The van der Waals surface area contributed by atoms with Gasteiger partial charge in [0.05, 0.1) is 12.1 Å². The van der Waals surface area contributed by atoms with Crippen molar-refractivity contribution in [2.24, 2.45) is 17.3 Å². The molecule has 1 aromatic heterocycles. The van der Waals surface area contributed by atoms with Crippen LogP contribution in [0.15, 0.2) is 12.7 Å². The maximum atomic E-state index is 11.5. The van der Waals surface area contributed by atoms with Gasteiger partial charge in [-0.3, -0.25) is 4.68 Å². The minimum Gasteiger partial charge on any atom is -0.387 e. The van der Waals surface area contributed by atoms with Crippen LogP contribution >= 0.6 is 0 Å². The number of hydrogen-bond donors (Lipinski definition) is 1. The molecule has 0 aliphatic heterocycles. The summed E-state index contributed by atoms with van der Waals surface area (Å²) in [6.45, 7) is 9.13. The number of aromatic nitrogens is 3. The predicted octanol–water partition coefficient (Wildman–Crippen LogP) is 3.27. The highest BCUT2D eigenvalue weighted by molar-refractivity contribution is 4.97. The van der Waals surface area contributed by atoms with Crippen LogP contribution in [0.25, 0.3) is 0 Å². The van der Waals surface area contributed by atoms with Crippen LogP contribution < -0.4 is 0 Å². The fraction of sp³-hybridized carbons (Fsp3) is 0.875. The largest absolute Gasteiger partial charge is 0.387 e. The van der Waals surface area contributed by atoms with Crippen molar-refractivity contribution < 1.29 is 5.11 Å². The number of aliphatic hydroxyl groups is 1. The fourth-order valence-electron chi connectivity index (χ4n) is 3.65. The summed E-state index contributed by atoms with van der Waals surface area (Å²) < 4.78 is 1.77. The van der Waals surface area contributed by atoms with Crippen molar-refractivity contribution in [3.63, 3.8) is 0 Å². The Kier molecular flexibility index (Phi) is 4.52. The lowest BCUT2D eigenvalue weighted by molar-refractivity contribution is -0.132. The standard InChI is InChI=1S/C16H29N3O/c1-13(14-8-6-5-7-9-14)16(20,15(2,3)4)10-19-12-17-11-18-19/h11-14,20H,5-10H2,1-4H3. The highest BCUT2D eigenvalue weighted by Crippen LogP contribution is 2.44. The lowest BCUT2D eigenvalue weighted by Gasteiger charge is -2.48. The normalized spacial score (nSPS) is 22.4. The molecule has 4 heteroatoms. The first kappa shape index (κ1) is 15.5. The number of rotatable bonds is 4. The molecule has 114 valence electrons. The molecule has 1 aliphatic carbocycles. The molecule has 2 atom stereocenters. The van der Waals surface area contributed by atoms with Gasteiger partial charge in [0, 0.05) is 0 Å². The van der Waals surface area contributed by atoms with E-state index < -0.39 is 5.60 Å². The Bertz CT molecular complexity index is 404. The van der Waals surface area contributed by atoms with Crippen molar-refractivity contribution in [1.82, 2.24) is 14.8 Å². The molecule has 20 heavy (non-hydrogen) atoms. The molecule has 0 radical (unpaired) electrons. The molecular weight excluding hydrogens is 250 g/mol. The number of nitrogens with zero attached hydrogens (tertiary/aromatic N) is 3. The quantitative estimate of drug-likeness (QED) is 0.920. The minimum atomic E-state index is -0.761. The molecule has 0 aromatic carbocycles. The molecule has 1 N–H and O–H groups in total. The summed E-state index contributed by atoms with van der Waals surface area (Å²) in [6.07, 6.45) is 9.68. The first-order valence-electron chi connectivity index (χ1n) is 7.89. The van der Waals surface area contributed by atoms with Gasteiger partial charge in [0.25, 0.3) is 0 Å². The Morgan fingerprint density at radius 2 is 1.90 bits per heavy atom. The van der Waals surface area contributed by atoms with Gasteiger partial charge in [-0.15, -0.1) is 0 Å². The zero-order valence-corrected chi connectivity index (χ0v) is 13.3. The van der Waals surface area contributed by atoms with Crippen LogP contribution in [0.3, 0.4) is 0 Å². The van der Waals surface area contributed by atoms with Crippen molar-refractivity contribution in [2.75, 3.05) is 0 Å². The second-order valence-corrected chi connectivity index (χ2v) is 7.45. The van der Waals surface area contributed by atoms with Crippen molar-refractivity contribution in [3.8, 4) is 0 Å². The first-order valence-corrected chi connectivity index (χ1v) is 7.89. The van der Waals surface area contributed by atoms with E-state index in [0.29, 0.717) is 12.5 Å². The summed E-state index contributed by atoms with van der Waals surface area (Å²) in [5.41, 5.74) is -0.946. The van der Waals surface area contributed by atoms with Crippen molar-refractivity contribution >= 4 is 0 Å². The van der Waals surface area contributed by atoms with Crippen LogP contribution in [0.5, 0.6) is 0 Å². The molecule has 0 amide bonds. The maximum Gasteiger partial charge on any atom is 0.137 e. The summed E-state index contributed by atoms with van der Waals surface area (Å²) in [5, 5.41) is 15.6. The third-order valence-electron chi connectivity index (χ3n) is 5.28.